The summed E-state index contributed by atoms with van der Waals surface area (Å²) in [4.78, 5) is 2.25. The molecule has 0 unspecified atom stereocenters. The average molecular weight is 189 g/mol. The zero-order chi connectivity index (χ0) is 9.90. The van der Waals surface area contributed by atoms with E-state index < -0.39 is 0 Å². The molecule has 1 aliphatic heterocycles. The van der Waals surface area contributed by atoms with Crippen molar-refractivity contribution in [3.63, 3.8) is 0 Å². The Kier molecular flexibility index (Phi) is 3.68. The molecule has 0 atom stereocenters. The van der Waals surface area contributed by atoms with Gasteiger partial charge < -0.3 is 5.11 Å². The normalized spacial score (nSPS) is 22.2. The molecule has 0 amide bonds. The molecule has 1 heterocycles. The van der Waals surface area contributed by atoms with E-state index in [2.05, 4.69) is 4.90 Å². The van der Waals surface area contributed by atoms with E-state index in [4.69, 9.17) is 5.11 Å². The average Bonchev–Trinajstić information content (AvgIpc) is 2.18. The van der Waals surface area contributed by atoms with Crippen molar-refractivity contribution in [1.29, 1.82) is 0 Å². The van der Waals surface area contributed by atoms with Gasteiger partial charge in [0.1, 0.15) is 0 Å². The predicted molar refractivity (Wildman–Crippen MR) is 51.4 cm³/mol. The van der Waals surface area contributed by atoms with Crippen molar-refractivity contribution in [2.45, 2.75) is 32.2 Å². The summed E-state index contributed by atoms with van der Waals surface area (Å²) >= 11 is 0. The number of likely N-dealkylation sites (tertiary alicyclic amines) is 1. The number of alkyl halides is 1. The second kappa shape index (κ2) is 4.38. The van der Waals surface area contributed by atoms with Gasteiger partial charge in [0.2, 0.25) is 0 Å². The van der Waals surface area contributed by atoms with E-state index in [9.17, 15) is 4.39 Å². The molecule has 1 aliphatic rings. The van der Waals surface area contributed by atoms with Gasteiger partial charge in [-0.3, -0.25) is 9.29 Å². The molecule has 0 aromatic heterocycles. The summed E-state index contributed by atoms with van der Waals surface area (Å²) in [6.45, 7) is 5.89. The lowest BCUT2D eigenvalue weighted by atomic mass is 9.93. The van der Waals surface area contributed by atoms with Gasteiger partial charge in [-0.1, -0.05) is 0 Å². The zero-order valence-corrected chi connectivity index (χ0v) is 8.59. The molecule has 3 heteroatoms. The monoisotopic (exact) mass is 189 g/mol. The molecular weight excluding hydrogens is 169 g/mol. The Morgan fingerprint density at radius 2 is 1.92 bits per heavy atom. The molecule has 0 aromatic carbocycles. The molecule has 0 aliphatic carbocycles. The van der Waals surface area contributed by atoms with Crippen molar-refractivity contribution in [3.05, 3.63) is 0 Å². The molecule has 1 saturated heterocycles. The van der Waals surface area contributed by atoms with E-state index in [0.29, 0.717) is 0 Å². The Bertz CT molecular complexity index is 153. The van der Waals surface area contributed by atoms with E-state index in [-0.39, 0.29) is 24.7 Å². The number of rotatable bonds is 3. The van der Waals surface area contributed by atoms with Crippen LogP contribution < -0.4 is 0 Å². The van der Waals surface area contributed by atoms with Crippen LogP contribution in [0.5, 0.6) is 0 Å². The minimum Gasteiger partial charge on any atom is -0.394 e. The fraction of sp³-hybridized carbons (Fsp3) is 1.00. The summed E-state index contributed by atoms with van der Waals surface area (Å²) in [7, 11) is 0. The number of hydrogen-bond donors (Lipinski definition) is 1. The highest BCUT2D eigenvalue weighted by Crippen LogP contribution is 2.23. The van der Waals surface area contributed by atoms with Crippen LogP contribution in [0.4, 0.5) is 4.39 Å². The first-order chi connectivity index (χ1) is 6.10. The summed E-state index contributed by atoms with van der Waals surface area (Å²) in [5.74, 6) is 0.255. The number of halogens is 1. The number of nitrogens with zero attached hydrogens (tertiary/aromatic N) is 1. The van der Waals surface area contributed by atoms with Gasteiger partial charge >= 0.3 is 0 Å². The van der Waals surface area contributed by atoms with Crippen molar-refractivity contribution >= 4 is 0 Å². The van der Waals surface area contributed by atoms with E-state index in [0.717, 1.165) is 25.9 Å². The Labute approximate surface area is 79.7 Å². The van der Waals surface area contributed by atoms with Crippen LogP contribution in [0.1, 0.15) is 26.7 Å². The molecule has 0 saturated carbocycles. The Hall–Kier alpha value is -0.150. The fourth-order valence-electron chi connectivity index (χ4n) is 1.79. The minimum absolute atomic E-state index is 0.138. The lowest BCUT2D eigenvalue weighted by molar-refractivity contribution is 0.0267. The van der Waals surface area contributed by atoms with Crippen molar-refractivity contribution in [2.24, 2.45) is 5.92 Å². The lowest BCUT2D eigenvalue weighted by Gasteiger charge is -2.41. The first-order valence-electron chi connectivity index (χ1n) is 5.02. The van der Waals surface area contributed by atoms with Gasteiger partial charge in [0.15, 0.2) is 0 Å². The molecule has 0 radical (unpaired) electrons. The van der Waals surface area contributed by atoms with Crippen LogP contribution in [0.15, 0.2) is 0 Å². The number of hydrogen-bond acceptors (Lipinski definition) is 2. The first kappa shape index (κ1) is 10.9. The third-order valence-electron chi connectivity index (χ3n) is 3.08. The molecule has 1 rings (SSSR count). The lowest BCUT2D eigenvalue weighted by Crippen LogP contribution is -2.50. The summed E-state index contributed by atoms with van der Waals surface area (Å²) in [6, 6.07) is 0. The van der Waals surface area contributed by atoms with Gasteiger partial charge in [0, 0.05) is 5.54 Å². The Balaban J connectivity index is 2.40. The van der Waals surface area contributed by atoms with Crippen LogP contribution in [-0.4, -0.2) is 41.9 Å². The maximum atomic E-state index is 12.3. The van der Waals surface area contributed by atoms with Crippen LogP contribution in [0.25, 0.3) is 0 Å². The molecule has 1 N–H and O–H groups in total. The standard InChI is InChI=1S/C10H20FNO/c1-10(2,8-13)12-5-3-9(7-11)4-6-12/h9,13H,3-8H2,1-2H3. The number of piperidine rings is 1. The van der Waals surface area contributed by atoms with E-state index >= 15 is 0 Å². The van der Waals surface area contributed by atoms with Gasteiger partial charge in [-0.2, -0.15) is 0 Å². The first-order valence-corrected chi connectivity index (χ1v) is 5.02. The SMILES string of the molecule is CC(C)(CO)N1CCC(CF)CC1. The molecule has 0 aromatic rings. The molecule has 78 valence electrons. The largest absolute Gasteiger partial charge is 0.394 e. The molecular formula is C10H20FNO. The number of aliphatic hydroxyl groups is 1. The molecule has 0 spiro atoms. The molecule has 0 bridgehead atoms. The summed E-state index contributed by atoms with van der Waals surface area (Å²) in [5, 5.41) is 9.15. The van der Waals surface area contributed by atoms with Crippen molar-refractivity contribution in [1.82, 2.24) is 4.90 Å². The quantitative estimate of drug-likeness (QED) is 0.726. The van der Waals surface area contributed by atoms with Crippen molar-refractivity contribution in [2.75, 3.05) is 26.4 Å². The van der Waals surface area contributed by atoms with Crippen LogP contribution in [0.2, 0.25) is 0 Å². The van der Waals surface area contributed by atoms with Crippen LogP contribution in [0.3, 0.4) is 0 Å². The highest BCUT2D eigenvalue weighted by Gasteiger charge is 2.29. The van der Waals surface area contributed by atoms with E-state index in [1.54, 1.807) is 0 Å². The van der Waals surface area contributed by atoms with Crippen molar-refractivity contribution in [3.8, 4) is 0 Å². The fourth-order valence-corrected chi connectivity index (χ4v) is 1.79. The maximum Gasteiger partial charge on any atom is 0.0923 e. The Morgan fingerprint density at radius 3 is 2.31 bits per heavy atom. The summed E-state index contributed by atoms with van der Waals surface area (Å²) < 4.78 is 12.3. The van der Waals surface area contributed by atoms with E-state index in [1.807, 2.05) is 13.8 Å². The van der Waals surface area contributed by atoms with Gasteiger partial charge in [-0.05, 0) is 45.7 Å². The smallest absolute Gasteiger partial charge is 0.0923 e. The van der Waals surface area contributed by atoms with Crippen LogP contribution in [0, 0.1) is 5.92 Å². The maximum absolute atomic E-state index is 12.3. The van der Waals surface area contributed by atoms with Gasteiger partial charge in [0.25, 0.3) is 0 Å². The van der Waals surface area contributed by atoms with Crippen molar-refractivity contribution < 1.29 is 9.50 Å². The topological polar surface area (TPSA) is 23.5 Å². The zero-order valence-electron chi connectivity index (χ0n) is 8.59. The third kappa shape index (κ3) is 2.64. The van der Waals surface area contributed by atoms with Gasteiger partial charge in [0.05, 0.1) is 13.3 Å². The highest BCUT2D eigenvalue weighted by atomic mass is 19.1. The molecule has 1 fully saturated rings. The molecule has 2 nitrogen and oxygen atoms in total. The summed E-state index contributed by atoms with van der Waals surface area (Å²) in [5.41, 5.74) is -0.138. The number of aliphatic hydroxyl groups excluding tert-OH is 1. The third-order valence-corrected chi connectivity index (χ3v) is 3.08. The Morgan fingerprint density at radius 1 is 1.38 bits per heavy atom. The highest BCUT2D eigenvalue weighted by molar-refractivity contribution is 4.84. The van der Waals surface area contributed by atoms with Gasteiger partial charge in [-0.25, -0.2) is 0 Å². The summed E-state index contributed by atoms with van der Waals surface area (Å²) in [6.07, 6.45) is 1.86. The second-order valence-electron chi connectivity index (χ2n) is 4.56. The van der Waals surface area contributed by atoms with Crippen LogP contribution in [-0.2, 0) is 0 Å². The minimum atomic E-state index is -0.187. The predicted octanol–water partition coefficient (Wildman–Crippen LogP) is 1.44. The second-order valence-corrected chi connectivity index (χ2v) is 4.56. The van der Waals surface area contributed by atoms with E-state index in [1.165, 1.54) is 0 Å². The molecule has 13 heavy (non-hydrogen) atoms. The van der Waals surface area contributed by atoms with Gasteiger partial charge in [-0.15, -0.1) is 0 Å². The van der Waals surface area contributed by atoms with Crippen LogP contribution >= 0.6 is 0 Å².